The maximum atomic E-state index is 13.0. The normalized spacial score (nSPS) is 24.4. The molecule has 1 fully saturated rings. The van der Waals surface area contributed by atoms with Crippen molar-refractivity contribution in [3.05, 3.63) is 44.3 Å². The van der Waals surface area contributed by atoms with E-state index in [4.69, 9.17) is 0 Å². The first-order valence-corrected chi connectivity index (χ1v) is 11.3. The van der Waals surface area contributed by atoms with Crippen LogP contribution in [0.5, 0.6) is 0 Å². The SMILES string of the molecule is O=C(C[NH+]1CCc2sccc2[C@H]1c1cccs1)N1CCCCCCC1. The number of rotatable bonds is 3. The van der Waals surface area contributed by atoms with Gasteiger partial charge in [-0.3, -0.25) is 4.79 Å². The Morgan fingerprint density at radius 1 is 1.08 bits per heavy atom. The van der Waals surface area contributed by atoms with E-state index in [0.29, 0.717) is 18.5 Å². The van der Waals surface area contributed by atoms with E-state index in [0.717, 1.165) is 26.1 Å². The van der Waals surface area contributed by atoms with Crippen molar-refractivity contribution in [2.75, 3.05) is 26.2 Å². The second-order valence-corrected chi connectivity index (χ2v) is 9.21. The van der Waals surface area contributed by atoms with Crippen molar-refractivity contribution in [2.45, 2.75) is 44.6 Å². The zero-order valence-corrected chi connectivity index (χ0v) is 16.3. The van der Waals surface area contributed by atoms with E-state index in [9.17, 15) is 4.79 Å². The second kappa shape index (κ2) is 8.02. The quantitative estimate of drug-likeness (QED) is 0.876. The third kappa shape index (κ3) is 3.83. The number of carbonyl (C=O) groups excluding carboxylic acids is 1. The van der Waals surface area contributed by atoms with Crippen LogP contribution in [-0.4, -0.2) is 37.0 Å². The molecule has 5 heteroatoms. The van der Waals surface area contributed by atoms with Gasteiger partial charge >= 0.3 is 0 Å². The van der Waals surface area contributed by atoms with Gasteiger partial charge in [-0.05, 0) is 35.7 Å². The van der Waals surface area contributed by atoms with E-state index in [2.05, 4.69) is 33.9 Å². The summed E-state index contributed by atoms with van der Waals surface area (Å²) in [6.45, 7) is 3.62. The van der Waals surface area contributed by atoms with Gasteiger partial charge in [0.15, 0.2) is 6.54 Å². The van der Waals surface area contributed by atoms with Crippen LogP contribution in [0.4, 0.5) is 0 Å². The molecule has 1 unspecified atom stereocenters. The largest absolute Gasteiger partial charge is 0.338 e. The number of thiophene rings is 2. The van der Waals surface area contributed by atoms with Crippen LogP contribution in [0.1, 0.15) is 53.5 Å². The maximum absolute atomic E-state index is 13.0. The van der Waals surface area contributed by atoms with E-state index in [1.807, 2.05) is 22.7 Å². The molecule has 25 heavy (non-hydrogen) atoms. The highest BCUT2D eigenvalue weighted by molar-refractivity contribution is 7.10. The molecule has 1 amide bonds. The summed E-state index contributed by atoms with van der Waals surface area (Å²) in [6, 6.07) is 7.00. The highest BCUT2D eigenvalue weighted by Gasteiger charge is 2.35. The molecule has 4 heterocycles. The summed E-state index contributed by atoms with van der Waals surface area (Å²) in [5.74, 6) is 0.358. The van der Waals surface area contributed by atoms with Crippen molar-refractivity contribution in [3.63, 3.8) is 0 Å². The third-order valence-corrected chi connectivity index (χ3v) is 7.52. The van der Waals surface area contributed by atoms with E-state index < -0.39 is 0 Å². The van der Waals surface area contributed by atoms with Crippen LogP contribution in [0.25, 0.3) is 0 Å². The molecule has 0 spiro atoms. The summed E-state index contributed by atoms with van der Waals surface area (Å²) < 4.78 is 0. The summed E-state index contributed by atoms with van der Waals surface area (Å²) in [5.41, 5.74) is 1.45. The molecule has 2 atom stereocenters. The number of fused-ring (bicyclic) bond motifs is 1. The molecule has 0 aromatic carbocycles. The van der Waals surface area contributed by atoms with Gasteiger partial charge in [0.2, 0.25) is 0 Å². The zero-order valence-electron chi connectivity index (χ0n) is 14.7. The molecule has 2 aromatic heterocycles. The smallest absolute Gasteiger partial charge is 0.277 e. The summed E-state index contributed by atoms with van der Waals surface area (Å²) >= 11 is 3.70. The number of carbonyl (C=O) groups is 1. The molecule has 1 saturated heterocycles. The molecule has 0 saturated carbocycles. The van der Waals surface area contributed by atoms with Gasteiger partial charge < -0.3 is 9.80 Å². The number of nitrogens with zero attached hydrogens (tertiary/aromatic N) is 1. The fourth-order valence-electron chi connectivity index (χ4n) is 4.25. The fourth-order valence-corrected chi connectivity index (χ4v) is 6.07. The summed E-state index contributed by atoms with van der Waals surface area (Å²) in [4.78, 5) is 19.5. The Bertz CT molecular complexity index is 686. The van der Waals surface area contributed by atoms with Gasteiger partial charge in [-0.2, -0.15) is 0 Å². The standard InChI is InChI=1S/C20H26N2OS2/c23-19(21-10-4-2-1-3-5-11-21)15-22-12-8-17-16(9-14-25-17)20(22)18-7-6-13-24-18/h6-7,9,13-14,20H,1-5,8,10-12,15H2/p+1/t20-/m0/s1. The molecular formula is C20H27N2OS2+. The third-order valence-electron chi connectivity index (χ3n) is 5.59. The van der Waals surface area contributed by atoms with Gasteiger partial charge in [-0.25, -0.2) is 0 Å². The first-order valence-electron chi connectivity index (χ1n) is 9.55. The van der Waals surface area contributed by atoms with Crippen molar-refractivity contribution in [1.82, 2.24) is 4.90 Å². The van der Waals surface area contributed by atoms with E-state index in [-0.39, 0.29) is 0 Å². The predicted molar refractivity (Wildman–Crippen MR) is 105 cm³/mol. The average molecular weight is 376 g/mol. The predicted octanol–water partition coefficient (Wildman–Crippen LogP) is 3.13. The molecule has 0 radical (unpaired) electrons. The van der Waals surface area contributed by atoms with Crippen LogP contribution in [0, 0.1) is 0 Å². The molecule has 2 aliphatic rings. The number of likely N-dealkylation sites (tertiary alicyclic amines) is 1. The molecule has 1 N–H and O–H groups in total. The Morgan fingerprint density at radius 2 is 1.88 bits per heavy atom. The van der Waals surface area contributed by atoms with Crippen LogP contribution < -0.4 is 4.90 Å². The molecule has 0 aliphatic carbocycles. The number of hydrogen-bond donors (Lipinski definition) is 1. The van der Waals surface area contributed by atoms with Crippen LogP contribution in [0.3, 0.4) is 0 Å². The van der Waals surface area contributed by atoms with Gasteiger partial charge in [0, 0.05) is 30.0 Å². The Morgan fingerprint density at radius 3 is 2.64 bits per heavy atom. The van der Waals surface area contributed by atoms with Crippen molar-refractivity contribution in [2.24, 2.45) is 0 Å². The topological polar surface area (TPSA) is 24.8 Å². The highest BCUT2D eigenvalue weighted by atomic mass is 32.1. The number of hydrogen-bond acceptors (Lipinski definition) is 3. The molecule has 0 bridgehead atoms. The monoisotopic (exact) mass is 375 g/mol. The molecular weight excluding hydrogens is 348 g/mol. The van der Waals surface area contributed by atoms with Crippen molar-refractivity contribution < 1.29 is 9.69 Å². The van der Waals surface area contributed by atoms with Gasteiger partial charge in [0.05, 0.1) is 11.4 Å². The lowest BCUT2D eigenvalue weighted by Crippen LogP contribution is -3.14. The maximum Gasteiger partial charge on any atom is 0.277 e. The van der Waals surface area contributed by atoms with Crippen LogP contribution >= 0.6 is 22.7 Å². The van der Waals surface area contributed by atoms with Crippen LogP contribution in [0.2, 0.25) is 0 Å². The lowest BCUT2D eigenvalue weighted by molar-refractivity contribution is -0.919. The number of amides is 1. The second-order valence-electron chi connectivity index (χ2n) is 7.23. The van der Waals surface area contributed by atoms with Crippen molar-refractivity contribution in [1.29, 1.82) is 0 Å². The summed E-state index contributed by atoms with van der Waals surface area (Å²) in [6.07, 6.45) is 7.33. The Kier molecular flexibility index (Phi) is 5.54. The van der Waals surface area contributed by atoms with E-state index in [1.165, 1.54) is 52.3 Å². The lowest BCUT2D eigenvalue weighted by Gasteiger charge is -2.33. The Labute approximate surface area is 158 Å². The first-order chi connectivity index (χ1) is 12.3. The van der Waals surface area contributed by atoms with Gasteiger partial charge in [-0.1, -0.05) is 25.3 Å². The zero-order chi connectivity index (χ0) is 17.1. The summed E-state index contributed by atoms with van der Waals surface area (Å²) in [7, 11) is 0. The fraction of sp³-hybridized carbons (Fsp3) is 0.550. The molecule has 3 nitrogen and oxygen atoms in total. The molecule has 4 rings (SSSR count). The van der Waals surface area contributed by atoms with E-state index >= 15 is 0 Å². The van der Waals surface area contributed by atoms with Gasteiger partial charge in [0.25, 0.3) is 5.91 Å². The van der Waals surface area contributed by atoms with E-state index in [1.54, 1.807) is 0 Å². The van der Waals surface area contributed by atoms with Crippen LogP contribution in [0.15, 0.2) is 29.0 Å². The minimum Gasteiger partial charge on any atom is -0.338 e. The lowest BCUT2D eigenvalue weighted by atomic mass is 9.98. The summed E-state index contributed by atoms with van der Waals surface area (Å²) in [5, 5.41) is 4.38. The Balaban J connectivity index is 1.51. The molecule has 2 aromatic rings. The van der Waals surface area contributed by atoms with Gasteiger partial charge in [0.1, 0.15) is 6.04 Å². The number of nitrogens with one attached hydrogen (secondary N) is 1. The van der Waals surface area contributed by atoms with Gasteiger partial charge in [-0.15, -0.1) is 22.7 Å². The minimum absolute atomic E-state index is 0.341. The Hall–Kier alpha value is -1.17. The van der Waals surface area contributed by atoms with Crippen LogP contribution in [-0.2, 0) is 11.2 Å². The highest BCUT2D eigenvalue weighted by Crippen LogP contribution is 2.31. The average Bonchev–Trinajstić information content (AvgIpc) is 3.25. The first kappa shape index (κ1) is 17.3. The molecule has 2 aliphatic heterocycles. The van der Waals surface area contributed by atoms with Crippen molar-refractivity contribution in [3.8, 4) is 0 Å². The number of quaternary nitrogens is 1. The minimum atomic E-state index is 0.341. The molecule has 134 valence electrons. The van der Waals surface area contributed by atoms with Crippen molar-refractivity contribution >= 4 is 28.6 Å².